The molecule has 0 saturated carbocycles. The molecule has 18 heavy (non-hydrogen) atoms. The smallest absolute Gasteiger partial charge is 0.101 e. The van der Waals surface area contributed by atoms with E-state index >= 15 is 0 Å². The molecule has 1 N–H and O–H groups in total. The standard InChI is InChI=1S/C14H19N3O/c18-10-9-17-7-5-11(6-8-17)14-12-3-1-2-4-13(12)15-16-14/h1-4,11,14,18H,5-10H2. The van der Waals surface area contributed by atoms with E-state index in [2.05, 4.69) is 27.3 Å². The van der Waals surface area contributed by atoms with Gasteiger partial charge in [0, 0.05) is 12.1 Å². The van der Waals surface area contributed by atoms with Gasteiger partial charge in [0.05, 0.1) is 12.3 Å². The van der Waals surface area contributed by atoms with Crippen molar-refractivity contribution in [1.29, 1.82) is 0 Å². The Morgan fingerprint density at radius 3 is 2.78 bits per heavy atom. The Kier molecular flexibility index (Phi) is 3.39. The number of likely N-dealkylation sites (tertiary alicyclic amines) is 1. The molecule has 4 nitrogen and oxygen atoms in total. The Morgan fingerprint density at radius 1 is 1.22 bits per heavy atom. The number of aliphatic hydroxyl groups is 1. The molecule has 1 saturated heterocycles. The minimum atomic E-state index is 0.261. The maximum atomic E-state index is 8.95. The molecule has 2 aliphatic heterocycles. The Hall–Kier alpha value is -1.26. The van der Waals surface area contributed by atoms with Gasteiger partial charge in [0.1, 0.15) is 6.04 Å². The summed E-state index contributed by atoms with van der Waals surface area (Å²) < 4.78 is 0. The highest BCUT2D eigenvalue weighted by molar-refractivity contribution is 5.49. The van der Waals surface area contributed by atoms with E-state index in [9.17, 15) is 0 Å². The van der Waals surface area contributed by atoms with Crippen molar-refractivity contribution in [3.8, 4) is 0 Å². The van der Waals surface area contributed by atoms with Crippen LogP contribution in [0.25, 0.3) is 0 Å². The summed E-state index contributed by atoms with van der Waals surface area (Å²) >= 11 is 0. The van der Waals surface area contributed by atoms with E-state index < -0.39 is 0 Å². The number of nitrogens with zero attached hydrogens (tertiary/aromatic N) is 3. The lowest BCUT2D eigenvalue weighted by Gasteiger charge is -2.33. The van der Waals surface area contributed by atoms with Gasteiger partial charge in [-0.15, -0.1) is 0 Å². The largest absolute Gasteiger partial charge is 0.395 e. The fourth-order valence-corrected chi connectivity index (χ4v) is 3.00. The molecular formula is C14H19N3O. The van der Waals surface area contributed by atoms with Gasteiger partial charge in [-0.3, -0.25) is 0 Å². The average molecular weight is 245 g/mol. The number of rotatable bonds is 3. The number of piperidine rings is 1. The third-order valence-electron chi connectivity index (χ3n) is 4.04. The van der Waals surface area contributed by atoms with Gasteiger partial charge in [-0.05, 0) is 37.9 Å². The molecule has 1 aromatic carbocycles. The third-order valence-corrected chi connectivity index (χ3v) is 4.04. The van der Waals surface area contributed by atoms with Crippen molar-refractivity contribution >= 4 is 5.69 Å². The van der Waals surface area contributed by atoms with Gasteiger partial charge >= 0.3 is 0 Å². The summed E-state index contributed by atoms with van der Waals surface area (Å²) in [4.78, 5) is 2.33. The molecule has 0 bridgehead atoms. The zero-order valence-electron chi connectivity index (χ0n) is 10.5. The van der Waals surface area contributed by atoms with Crippen LogP contribution < -0.4 is 0 Å². The summed E-state index contributed by atoms with van der Waals surface area (Å²) in [5.74, 6) is 0.604. The fourth-order valence-electron chi connectivity index (χ4n) is 3.00. The van der Waals surface area contributed by atoms with Crippen LogP contribution in [-0.2, 0) is 0 Å². The second-order valence-electron chi connectivity index (χ2n) is 5.12. The van der Waals surface area contributed by atoms with Crippen molar-refractivity contribution in [2.45, 2.75) is 18.9 Å². The Morgan fingerprint density at radius 2 is 2.00 bits per heavy atom. The molecule has 0 radical (unpaired) electrons. The maximum absolute atomic E-state index is 8.95. The first-order valence-corrected chi connectivity index (χ1v) is 6.71. The van der Waals surface area contributed by atoms with Crippen LogP contribution in [0.5, 0.6) is 0 Å². The maximum Gasteiger partial charge on any atom is 0.101 e. The zero-order chi connectivity index (χ0) is 12.4. The number of fused-ring (bicyclic) bond motifs is 1. The normalized spacial score (nSPS) is 24.4. The van der Waals surface area contributed by atoms with Crippen molar-refractivity contribution in [3.05, 3.63) is 29.8 Å². The van der Waals surface area contributed by atoms with Crippen LogP contribution in [0.3, 0.4) is 0 Å². The highest BCUT2D eigenvalue weighted by atomic mass is 16.3. The molecule has 0 aliphatic carbocycles. The molecule has 4 heteroatoms. The predicted molar refractivity (Wildman–Crippen MR) is 69.9 cm³/mol. The SMILES string of the molecule is OCCN1CCC(C2N=Nc3ccccc32)CC1. The van der Waals surface area contributed by atoms with Crippen LogP contribution >= 0.6 is 0 Å². The molecule has 0 spiro atoms. The van der Waals surface area contributed by atoms with E-state index in [1.807, 2.05) is 12.1 Å². The average Bonchev–Trinajstić information content (AvgIpc) is 2.84. The van der Waals surface area contributed by atoms with E-state index in [1.165, 1.54) is 5.56 Å². The van der Waals surface area contributed by atoms with Gasteiger partial charge in [0.25, 0.3) is 0 Å². The van der Waals surface area contributed by atoms with Crippen LogP contribution in [0.1, 0.15) is 24.4 Å². The highest BCUT2D eigenvalue weighted by Gasteiger charge is 2.31. The first kappa shape index (κ1) is 11.8. The second kappa shape index (κ2) is 5.16. The molecule has 1 atom stereocenters. The van der Waals surface area contributed by atoms with E-state index in [0.717, 1.165) is 38.2 Å². The minimum absolute atomic E-state index is 0.261. The molecule has 96 valence electrons. The second-order valence-corrected chi connectivity index (χ2v) is 5.12. The molecule has 2 aliphatic rings. The molecule has 3 rings (SSSR count). The topological polar surface area (TPSA) is 48.2 Å². The van der Waals surface area contributed by atoms with E-state index in [0.29, 0.717) is 5.92 Å². The van der Waals surface area contributed by atoms with Gasteiger partial charge in [-0.2, -0.15) is 10.2 Å². The summed E-state index contributed by atoms with van der Waals surface area (Å²) in [7, 11) is 0. The number of aliphatic hydroxyl groups excluding tert-OH is 1. The molecule has 1 aromatic rings. The monoisotopic (exact) mass is 245 g/mol. The summed E-state index contributed by atoms with van der Waals surface area (Å²) in [6.07, 6.45) is 2.30. The summed E-state index contributed by atoms with van der Waals surface area (Å²) in [5.41, 5.74) is 2.33. The number of β-amino-alcohol motifs (C(OH)–C–C–N with tert-alkyl or cyclic N) is 1. The fraction of sp³-hybridized carbons (Fsp3) is 0.571. The Balaban J connectivity index is 1.66. The van der Waals surface area contributed by atoms with Crippen molar-refractivity contribution in [1.82, 2.24) is 4.90 Å². The minimum Gasteiger partial charge on any atom is -0.395 e. The molecule has 0 amide bonds. The van der Waals surface area contributed by atoms with E-state index in [1.54, 1.807) is 0 Å². The molecular weight excluding hydrogens is 226 g/mol. The van der Waals surface area contributed by atoms with Crippen LogP contribution in [-0.4, -0.2) is 36.2 Å². The van der Waals surface area contributed by atoms with Gasteiger partial charge in [0.15, 0.2) is 0 Å². The van der Waals surface area contributed by atoms with Gasteiger partial charge in [0.2, 0.25) is 0 Å². The van der Waals surface area contributed by atoms with Crippen molar-refractivity contribution < 1.29 is 5.11 Å². The van der Waals surface area contributed by atoms with Gasteiger partial charge in [-0.25, -0.2) is 0 Å². The zero-order valence-corrected chi connectivity index (χ0v) is 10.5. The molecule has 1 fully saturated rings. The number of benzene rings is 1. The molecule has 0 aromatic heterocycles. The van der Waals surface area contributed by atoms with Gasteiger partial charge in [-0.1, -0.05) is 18.2 Å². The van der Waals surface area contributed by atoms with Gasteiger partial charge < -0.3 is 10.0 Å². The first-order chi connectivity index (χ1) is 8.88. The van der Waals surface area contributed by atoms with E-state index in [-0.39, 0.29) is 12.6 Å². The number of azo groups is 1. The Labute approximate surface area is 107 Å². The Bertz CT molecular complexity index is 438. The van der Waals surface area contributed by atoms with Crippen LogP contribution in [0, 0.1) is 5.92 Å². The van der Waals surface area contributed by atoms with Crippen molar-refractivity contribution in [2.75, 3.05) is 26.2 Å². The van der Waals surface area contributed by atoms with Crippen molar-refractivity contribution in [3.63, 3.8) is 0 Å². The molecule has 1 unspecified atom stereocenters. The predicted octanol–water partition coefficient (Wildman–Crippen LogP) is 2.53. The lowest BCUT2D eigenvalue weighted by atomic mass is 9.86. The molecule has 2 heterocycles. The number of hydrogen-bond acceptors (Lipinski definition) is 4. The lowest BCUT2D eigenvalue weighted by molar-refractivity contribution is 0.138. The first-order valence-electron chi connectivity index (χ1n) is 6.71. The van der Waals surface area contributed by atoms with E-state index in [4.69, 9.17) is 5.11 Å². The summed E-state index contributed by atoms with van der Waals surface area (Å²) in [6.45, 7) is 3.20. The third kappa shape index (κ3) is 2.18. The van der Waals surface area contributed by atoms with Crippen LogP contribution in [0.15, 0.2) is 34.5 Å². The summed E-state index contributed by atoms with van der Waals surface area (Å²) in [5, 5.41) is 17.7. The van der Waals surface area contributed by atoms with Crippen LogP contribution in [0.2, 0.25) is 0 Å². The highest BCUT2D eigenvalue weighted by Crippen LogP contribution is 2.42. The number of hydrogen-bond donors (Lipinski definition) is 1. The van der Waals surface area contributed by atoms with Crippen LogP contribution in [0.4, 0.5) is 5.69 Å². The quantitative estimate of drug-likeness (QED) is 0.889. The lowest BCUT2D eigenvalue weighted by Crippen LogP contribution is -2.36. The summed E-state index contributed by atoms with van der Waals surface area (Å²) in [6, 6.07) is 8.55. The van der Waals surface area contributed by atoms with Crippen molar-refractivity contribution in [2.24, 2.45) is 16.1 Å².